The fourth-order valence-corrected chi connectivity index (χ4v) is 6.13. The number of aliphatic imine (C=N–C) groups is 1. The number of fused-ring (bicyclic) bond motifs is 1. The molecule has 36 heavy (non-hydrogen) atoms. The van der Waals surface area contributed by atoms with Crippen LogP contribution >= 0.6 is 11.3 Å². The molecule has 4 nitrogen and oxygen atoms in total. The zero-order valence-electron chi connectivity index (χ0n) is 22.5. The summed E-state index contributed by atoms with van der Waals surface area (Å²) in [4.78, 5) is 20.0. The summed E-state index contributed by atoms with van der Waals surface area (Å²) in [5.41, 5.74) is 8.34. The Morgan fingerprint density at radius 1 is 1.03 bits per heavy atom. The number of benzene rings is 2. The van der Waals surface area contributed by atoms with Crippen LogP contribution in [0.5, 0.6) is 5.75 Å². The summed E-state index contributed by atoms with van der Waals surface area (Å²) >= 11 is 1.69. The van der Waals surface area contributed by atoms with E-state index in [4.69, 9.17) is 9.73 Å². The van der Waals surface area contributed by atoms with Crippen LogP contribution in [0.1, 0.15) is 94.1 Å². The summed E-state index contributed by atoms with van der Waals surface area (Å²) in [5.74, 6) is 1.20. The largest absolute Gasteiger partial charge is 0.496 e. The summed E-state index contributed by atoms with van der Waals surface area (Å²) in [7, 11) is 1.72. The molecule has 0 atom stereocenters. The lowest BCUT2D eigenvalue weighted by Gasteiger charge is -2.14. The average Bonchev–Trinajstić information content (AvgIpc) is 3.16. The van der Waals surface area contributed by atoms with Crippen LogP contribution in [0.15, 0.2) is 35.3 Å². The van der Waals surface area contributed by atoms with Crippen molar-refractivity contribution in [3.8, 4) is 5.75 Å². The van der Waals surface area contributed by atoms with Gasteiger partial charge in [-0.25, -0.2) is 4.99 Å². The Bertz CT molecular complexity index is 1290. The van der Waals surface area contributed by atoms with Crippen LogP contribution in [0.25, 0.3) is 0 Å². The number of thiophene rings is 1. The number of rotatable bonds is 6. The molecular formula is C31H38N2O2S. The lowest BCUT2D eigenvalue weighted by molar-refractivity contribution is 0.102. The molecule has 5 heteroatoms. The van der Waals surface area contributed by atoms with Gasteiger partial charge in [-0.05, 0) is 104 Å². The molecule has 0 bridgehead atoms. The SMILES string of the molecule is COc1cc(C)c(C=Nc2sc3c(c2C(=O)Nc2cc(C)ccc2C)CCCCCC3)cc1C(C)C. The van der Waals surface area contributed by atoms with Crippen molar-refractivity contribution < 1.29 is 9.53 Å². The fraction of sp³-hybridized carbons (Fsp3) is 0.419. The first kappa shape index (κ1) is 26.2. The van der Waals surface area contributed by atoms with Crippen LogP contribution in [-0.2, 0) is 12.8 Å². The molecule has 2 aromatic carbocycles. The summed E-state index contributed by atoms with van der Waals surface area (Å²) in [6.07, 6.45) is 8.65. The highest BCUT2D eigenvalue weighted by Crippen LogP contribution is 2.40. The summed E-state index contributed by atoms with van der Waals surface area (Å²) < 4.78 is 5.61. The third-order valence-corrected chi connectivity index (χ3v) is 8.28. The van der Waals surface area contributed by atoms with Crippen LogP contribution in [0.3, 0.4) is 0 Å². The van der Waals surface area contributed by atoms with Crippen molar-refractivity contribution in [3.63, 3.8) is 0 Å². The van der Waals surface area contributed by atoms with Gasteiger partial charge < -0.3 is 10.1 Å². The molecule has 0 saturated carbocycles. The molecule has 190 valence electrons. The number of amides is 1. The fourth-order valence-electron chi connectivity index (χ4n) is 4.90. The first-order valence-electron chi connectivity index (χ1n) is 13.0. The van der Waals surface area contributed by atoms with Crippen molar-refractivity contribution in [1.82, 2.24) is 0 Å². The molecule has 0 spiro atoms. The average molecular weight is 503 g/mol. The van der Waals surface area contributed by atoms with Crippen LogP contribution in [0.4, 0.5) is 10.7 Å². The minimum atomic E-state index is -0.0526. The summed E-state index contributed by atoms with van der Waals surface area (Å²) in [5, 5.41) is 4.02. The van der Waals surface area contributed by atoms with Gasteiger partial charge in [0.25, 0.3) is 5.91 Å². The van der Waals surface area contributed by atoms with Crippen molar-refractivity contribution >= 4 is 34.1 Å². The monoisotopic (exact) mass is 502 g/mol. The maximum absolute atomic E-state index is 13.7. The van der Waals surface area contributed by atoms with E-state index in [-0.39, 0.29) is 5.91 Å². The molecule has 0 radical (unpaired) electrons. The number of carbonyl (C=O) groups is 1. The molecule has 3 aromatic rings. The van der Waals surface area contributed by atoms with Gasteiger partial charge in [-0.2, -0.15) is 0 Å². The maximum atomic E-state index is 13.7. The molecule has 0 aliphatic heterocycles. The third kappa shape index (κ3) is 5.73. The molecule has 0 saturated heterocycles. The Balaban J connectivity index is 1.76. The number of anilines is 1. The molecular weight excluding hydrogens is 464 g/mol. The Hall–Kier alpha value is -2.92. The number of nitrogens with one attached hydrogen (secondary N) is 1. The summed E-state index contributed by atoms with van der Waals surface area (Å²) in [6.45, 7) is 10.5. The minimum absolute atomic E-state index is 0.0526. The molecule has 1 aliphatic carbocycles. The first-order valence-corrected chi connectivity index (χ1v) is 13.9. The molecule has 1 heterocycles. The second kappa shape index (κ2) is 11.4. The lowest BCUT2D eigenvalue weighted by Crippen LogP contribution is -2.15. The van der Waals surface area contributed by atoms with E-state index in [1.165, 1.54) is 29.7 Å². The highest BCUT2D eigenvalue weighted by molar-refractivity contribution is 7.16. The molecule has 1 aliphatic rings. The number of hydrogen-bond acceptors (Lipinski definition) is 4. The van der Waals surface area contributed by atoms with Gasteiger partial charge in [0.15, 0.2) is 0 Å². The zero-order valence-corrected chi connectivity index (χ0v) is 23.3. The van der Waals surface area contributed by atoms with Gasteiger partial charge in [0.2, 0.25) is 0 Å². The first-order chi connectivity index (χ1) is 17.3. The number of nitrogens with zero attached hydrogens (tertiary/aromatic N) is 1. The van der Waals surface area contributed by atoms with E-state index < -0.39 is 0 Å². The molecule has 1 N–H and O–H groups in total. The predicted octanol–water partition coefficient (Wildman–Crippen LogP) is 8.47. The molecule has 1 aromatic heterocycles. The third-order valence-electron chi connectivity index (χ3n) is 7.08. The summed E-state index contributed by atoms with van der Waals surface area (Å²) in [6, 6.07) is 10.4. The maximum Gasteiger partial charge on any atom is 0.259 e. The normalized spacial score (nSPS) is 14.0. The molecule has 4 rings (SSSR count). The minimum Gasteiger partial charge on any atom is -0.496 e. The topological polar surface area (TPSA) is 50.7 Å². The second-order valence-electron chi connectivity index (χ2n) is 10.2. The van der Waals surface area contributed by atoms with Crippen molar-refractivity contribution in [2.75, 3.05) is 12.4 Å². The van der Waals surface area contributed by atoms with Gasteiger partial charge in [-0.1, -0.05) is 38.8 Å². The van der Waals surface area contributed by atoms with Crippen LogP contribution in [0, 0.1) is 20.8 Å². The zero-order chi connectivity index (χ0) is 25.8. The van der Waals surface area contributed by atoms with E-state index in [0.29, 0.717) is 5.92 Å². The molecule has 0 fully saturated rings. The Morgan fingerprint density at radius 2 is 1.78 bits per heavy atom. The highest BCUT2D eigenvalue weighted by Gasteiger charge is 2.24. The number of methoxy groups -OCH3 is 1. The van der Waals surface area contributed by atoms with Gasteiger partial charge in [0, 0.05) is 16.8 Å². The van der Waals surface area contributed by atoms with Crippen LogP contribution in [-0.4, -0.2) is 19.2 Å². The Kier molecular flexibility index (Phi) is 8.30. The van der Waals surface area contributed by atoms with Crippen molar-refractivity contribution in [2.45, 2.75) is 79.1 Å². The van der Waals surface area contributed by atoms with Crippen LogP contribution in [0.2, 0.25) is 0 Å². The second-order valence-corrected chi connectivity index (χ2v) is 11.3. The van der Waals surface area contributed by atoms with Crippen molar-refractivity contribution in [3.05, 3.63) is 74.2 Å². The van der Waals surface area contributed by atoms with E-state index in [9.17, 15) is 4.79 Å². The lowest BCUT2D eigenvalue weighted by atomic mass is 9.96. The predicted molar refractivity (Wildman–Crippen MR) is 153 cm³/mol. The van der Waals surface area contributed by atoms with E-state index in [2.05, 4.69) is 50.4 Å². The highest BCUT2D eigenvalue weighted by atomic mass is 32.1. The Labute approximate surface area is 219 Å². The molecule has 0 unspecified atom stereocenters. The van der Waals surface area contributed by atoms with Gasteiger partial charge in [-0.15, -0.1) is 11.3 Å². The van der Waals surface area contributed by atoms with Crippen molar-refractivity contribution in [2.24, 2.45) is 4.99 Å². The van der Waals surface area contributed by atoms with E-state index in [1.807, 2.05) is 26.1 Å². The van der Waals surface area contributed by atoms with Gasteiger partial charge in [0.1, 0.15) is 10.8 Å². The number of ether oxygens (including phenoxy) is 1. The van der Waals surface area contributed by atoms with E-state index >= 15 is 0 Å². The van der Waals surface area contributed by atoms with Crippen LogP contribution < -0.4 is 10.1 Å². The van der Waals surface area contributed by atoms with Gasteiger partial charge >= 0.3 is 0 Å². The standard InChI is InChI=1S/C31H38N2O2S/c1-19(2)25-17-23(22(5)16-27(25)35-6)18-32-31-29(24-11-9-7-8-10-12-28(24)36-31)30(34)33-26-15-20(3)13-14-21(26)4/h13-19H,7-12H2,1-6H3,(H,33,34). The van der Waals surface area contributed by atoms with E-state index in [1.54, 1.807) is 18.4 Å². The quantitative estimate of drug-likeness (QED) is 0.344. The molecule has 1 amide bonds. The smallest absolute Gasteiger partial charge is 0.259 e. The Morgan fingerprint density at radius 3 is 2.50 bits per heavy atom. The number of aryl methyl sites for hydroxylation is 4. The van der Waals surface area contributed by atoms with Gasteiger partial charge in [-0.3, -0.25) is 4.79 Å². The van der Waals surface area contributed by atoms with Gasteiger partial charge in [0.05, 0.1) is 12.7 Å². The van der Waals surface area contributed by atoms with Crippen molar-refractivity contribution in [1.29, 1.82) is 0 Å². The number of hydrogen-bond donors (Lipinski definition) is 1. The van der Waals surface area contributed by atoms with E-state index in [0.717, 1.165) is 69.1 Å². The number of carbonyl (C=O) groups excluding carboxylic acids is 1.